The van der Waals surface area contributed by atoms with Gasteiger partial charge in [0.1, 0.15) is 5.82 Å². The quantitative estimate of drug-likeness (QED) is 0.774. The Bertz CT molecular complexity index is 1010. The van der Waals surface area contributed by atoms with E-state index in [2.05, 4.69) is 21.9 Å². The van der Waals surface area contributed by atoms with Crippen LogP contribution in [0.3, 0.4) is 0 Å². The highest BCUT2D eigenvalue weighted by Gasteiger charge is 2.22. The highest BCUT2D eigenvalue weighted by molar-refractivity contribution is 7.89. The molecule has 2 aromatic carbocycles. The molecule has 0 atom stereocenters. The van der Waals surface area contributed by atoms with Crippen molar-refractivity contribution in [1.29, 1.82) is 0 Å². The van der Waals surface area contributed by atoms with Crippen LogP contribution >= 0.6 is 0 Å². The summed E-state index contributed by atoms with van der Waals surface area (Å²) in [5, 5.41) is 2.67. The molecule has 1 amide bonds. The Hall–Kier alpha value is -2.45. The Kier molecular flexibility index (Phi) is 5.71. The molecule has 150 valence electrons. The van der Waals surface area contributed by atoms with E-state index >= 15 is 0 Å². The molecule has 2 N–H and O–H groups in total. The standard InChI is InChI=1S/C20H24FN3O3S/c1-4-24-10-9-14-5-6-15(11-19(14)24)22-20(25)17-12-16(7-8-18(17)21)28(26,27)23-13(2)3/h5-8,11-13,23H,4,9-10H2,1-3H3,(H,22,25). The highest BCUT2D eigenvalue weighted by Crippen LogP contribution is 2.30. The second kappa shape index (κ2) is 7.89. The minimum absolute atomic E-state index is 0.154. The largest absolute Gasteiger partial charge is 0.371 e. The smallest absolute Gasteiger partial charge is 0.258 e. The maximum absolute atomic E-state index is 14.2. The monoisotopic (exact) mass is 405 g/mol. The number of likely N-dealkylation sites (N-methyl/N-ethyl adjacent to an activating group) is 1. The molecular formula is C20H24FN3O3S. The molecule has 0 radical (unpaired) electrons. The van der Waals surface area contributed by atoms with Gasteiger partial charge in [-0.2, -0.15) is 0 Å². The van der Waals surface area contributed by atoms with Crippen LogP contribution in [0.25, 0.3) is 0 Å². The lowest BCUT2D eigenvalue weighted by molar-refractivity contribution is 0.102. The average molecular weight is 405 g/mol. The molecule has 1 heterocycles. The van der Waals surface area contributed by atoms with Crippen molar-refractivity contribution < 1.29 is 17.6 Å². The Balaban J connectivity index is 1.86. The summed E-state index contributed by atoms with van der Waals surface area (Å²) in [5.41, 5.74) is 2.48. The number of rotatable bonds is 6. The molecule has 0 fully saturated rings. The van der Waals surface area contributed by atoms with Crippen LogP contribution in [0.15, 0.2) is 41.3 Å². The first kappa shape index (κ1) is 20.3. The van der Waals surface area contributed by atoms with E-state index in [1.165, 1.54) is 5.56 Å². The first-order valence-corrected chi connectivity index (χ1v) is 10.7. The zero-order valence-corrected chi connectivity index (χ0v) is 16.9. The van der Waals surface area contributed by atoms with E-state index in [0.717, 1.165) is 43.4 Å². The summed E-state index contributed by atoms with van der Waals surface area (Å²) in [7, 11) is -3.83. The Morgan fingerprint density at radius 3 is 2.64 bits per heavy atom. The minimum Gasteiger partial charge on any atom is -0.371 e. The number of amides is 1. The van der Waals surface area contributed by atoms with Gasteiger partial charge in [-0.25, -0.2) is 17.5 Å². The van der Waals surface area contributed by atoms with Gasteiger partial charge < -0.3 is 10.2 Å². The number of sulfonamides is 1. The first-order valence-electron chi connectivity index (χ1n) is 9.22. The fraction of sp³-hybridized carbons (Fsp3) is 0.350. The Labute approximate surface area is 164 Å². The number of nitrogens with one attached hydrogen (secondary N) is 2. The molecule has 0 bridgehead atoms. The molecule has 0 saturated carbocycles. The van der Waals surface area contributed by atoms with Crippen molar-refractivity contribution in [2.24, 2.45) is 0 Å². The van der Waals surface area contributed by atoms with Gasteiger partial charge in [0, 0.05) is 30.5 Å². The maximum atomic E-state index is 14.2. The van der Waals surface area contributed by atoms with Gasteiger partial charge in [0.05, 0.1) is 10.5 Å². The van der Waals surface area contributed by atoms with Crippen LogP contribution in [0, 0.1) is 5.82 Å². The highest BCUT2D eigenvalue weighted by atomic mass is 32.2. The average Bonchev–Trinajstić information content (AvgIpc) is 3.03. The second-order valence-electron chi connectivity index (χ2n) is 7.04. The summed E-state index contributed by atoms with van der Waals surface area (Å²) in [4.78, 5) is 14.7. The lowest BCUT2D eigenvalue weighted by atomic mass is 10.1. The number of nitrogens with zero attached hydrogens (tertiary/aromatic N) is 1. The SMILES string of the molecule is CCN1CCc2ccc(NC(=O)c3cc(S(=O)(=O)NC(C)C)ccc3F)cc21. The van der Waals surface area contributed by atoms with E-state index in [-0.39, 0.29) is 16.5 Å². The zero-order valence-electron chi connectivity index (χ0n) is 16.1. The summed E-state index contributed by atoms with van der Waals surface area (Å²) >= 11 is 0. The van der Waals surface area contributed by atoms with Crippen molar-refractivity contribution in [2.45, 2.75) is 38.1 Å². The van der Waals surface area contributed by atoms with E-state index in [9.17, 15) is 17.6 Å². The summed E-state index contributed by atoms with van der Waals surface area (Å²) < 4.78 is 41.3. The predicted molar refractivity (Wildman–Crippen MR) is 108 cm³/mol. The third-order valence-corrected chi connectivity index (χ3v) is 6.26. The van der Waals surface area contributed by atoms with Gasteiger partial charge in [0.15, 0.2) is 0 Å². The molecule has 2 aromatic rings. The van der Waals surface area contributed by atoms with Crippen molar-refractivity contribution >= 4 is 27.3 Å². The van der Waals surface area contributed by atoms with E-state index < -0.39 is 21.7 Å². The number of fused-ring (bicyclic) bond motifs is 1. The Morgan fingerprint density at radius 1 is 1.21 bits per heavy atom. The fourth-order valence-corrected chi connectivity index (χ4v) is 4.55. The van der Waals surface area contributed by atoms with Crippen LogP contribution in [-0.4, -0.2) is 33.5 Å². The normalized spacial score (nSPS) is 13.7. The second-order valence-corrected chi connectivity index (χ2v) is 8.76. The third-order valence-electron chi connectivity index (χ3n) is 4.60. The van der Waals surface area contributed by atoms with Crippen LogP contribution in [-0.2, 0) is 16.4 Å². The van der Waals surface area contributed by atoms with Crippen LogP contribution in [0.5, 0.6) is 0 Å². The number of hydrogen-bond donors (Lipinski definition) is 2. The van der Waals surface area contributed by atoms with E-state index in [4.69, 9.17) is 0 Å². The fourth-order valence-electron chi connectivity index (χ4n) is 3.27. The van der Waals surface area contributed by atoms with Crippen molar-refractivity contribution in [2.75, 3.05) is 23.3 Å². The molecule has 0 aromatic heterocycles. The molecular weight excluding hydrogens is 381 g/mol. The lowest BCUT2D eigenvalue weighted by Crippen LogP contribution is -2.30. The van der Waals surface area contributed by atoms with Crippen LogP contribution in [0.1, 0.15) is 36.7 Å². The van der Waals surface area contributed by atoms with Crippen molar-refractivity contribution in [3.8, 4) is 0 Å². The molecule has 28 heavy (non-hydrogen) atoms. The number of halogens is 1. The molecule has 0 saturated heterocycles. The van der Waals surface area contributed by atoms with Crippen molar-refractivity contribution in [3.63, 3.8) is 0 Å². The van der Waals surface area contributed by atoms with Gasteiger partial charge >= 0.3 is 0 Å². The number of carbonyl (C=O) groups excluding carboxylic acids is 1. The van der Waals surface area contributed by atoms with Gasteiger partial charge in [0.2, 0.25) is 10.0 Å². The number of benzene rings is 2. The van der Waals surface area contributed by atoms with E-state index in [1.807, 2.05) is 12.1 Å². The van der Waals surface area contributed by atoms with Gasteiger partial charge in [0.25, 0.3) is 5.91 Å². The van der Waals surface area contributed by atoms with Crippen molar-refractivity contribution in [3.05, 3.63) is 53.3 Å². The summed E-state index contributed by atoms with van der Waals surface area (Å²) in [6, 6.07) is 8.46. The molecule has 3 rings (SSSR count). The molecule has 1 aliphatic rings. The topological polar surface area (TPSA) is 78.5 Å². The minimum atomic E-state index is -3.83. The molecule has 1 aliphatic heterocycles. The maximum Gasteiger partial charge on any atom is 0.258 e. The zero-order chi connectivity index (χ0) is 20.5. The molecule has 8 heteroatoms. The van der Waals surface area contributed by atoms with Crippen LogP contribution in [0.4, 0.5) is 15.8 Å². The van der Waals surface area contributed by atoms with Gasteiger partial charge in [-0.3, -0.25) is 4.79 Å². The van der Waals surface area contributed by atoms with Crippen molar-refractivity contribution in [1.82, 2.24) is 4.72 Å². The van der Waals surface area contributed by atoms with E-state index in [0.29, 0.717) is 5.69 Å². The first-order chi connectivity index (χ1) is 13.2. The lowest BCUT2D eigenvalue weighted by Gasteiger charge is -2.17. The predicted octanol–water partition coefficient (Wildman–Crippen LogP) is 3.15. The summed E-state index contributed by atoms with van der Waals surface area (Å²) in [5.74, 6) is -1.47. The summed E-state index contributed by atoms with van der Waals surface area (Å²) in [6.45, 7) is 7.22. The van der Waals surface area contributed by atoms with Gasteiger partial charge in [-0.05, 0) is 63.1 Å². The van der Waals surface area contributed by atoms with Crippen LogP contribution in [0.2, 0.25) is 0 Å². The van der Waals surface area contributed by atoms with E-state index in [1.54, 1.807) is 19.9 Å². The molecule has 6 nitrogen and oxygen atoms in total. The van der Waals surface area contributed by atoms with Gasteiger partial charge in [-0.15, -0.1) is 0 Å². The number of anilines is 2. The van der Waals surface area contributed by atoms with Crippen LogP contribution < -0.4 is 14.9 Å². The third kappa shape index (κ3) is 4.18. The summed E-state index contributed by atoms with van der Waals surface area (Å²) in [6.07, 6.45) is 0.953. The number of carbonyl (C=O) groups is 1. The molecule has 0 spiro atoms. The number of hydrogen-bond acceptors (Lipinski definition) is 4. The molecule has 0 unspecified atom stereocenters. The van der Waals surface area contributed by atoms with Gasteiger partial charge in [-0.1, -0.05) is 6.07 Å². The molecule has 0 aliphatic carbocycles. The Morgan fingerprint density at radius 2 is 1.96 bits per heavy atom.